The van der Waals surface area contributed by atoms with Gasteiger partial charge in [0.1, 0.15) is 36.2 Å². The topological polar surface area (TPSA) is 213 Å². The standard InChI is InChI=1S/C53H58N4O12/c1-3-26-55(50(61)25-18-36-14-19-40(20-15-36)56(62)63)49-33-47(54-67-35-37-16-21-41(22-17-37)57(64)65)45-31-39(11-5-7-27-58)44(13-6-8-28-59)51-46-32-43(68-42-12-9-10-38(30-42)34-60)23-24-48(46)69-53(49,52(45)51)66-29-4-2/h4,9-10,12,14-25,30-32,34,39,44,49,51-52,58-59H,2-3,5-8,11,13,26-29,33,35H2,1H3/t39-,44+,49-,51+,52+,53+/m0/s1. The molecule has 0 unspecified atom stereocenters. The van der Waals surface area contributed by atoms with Crippen molar-refractivity contribution in [3.05, 3.63) is 164 Å². The summed E-state index contributed by atoms with van der Waals surface area (Å²) in [4.78, 5) is 56.2. The Balaban J connectivity index is 1.41. The number of aldehydes is 1. The normalized spacial score (nSPS) is 21.9. The van der Waals surface area contributed by atoms with Gasteiger partial charge in [-0.25, -0.2) is 0 Å². The lowest BCUT2D eigenvalue weighted by Crippen LogP contribution is -2.70. The molecule has 4 aromatic rings. The van der Waals surface area contributed by atoms with Gasteiger partial charge in [0.2, 0.25) is 11.7 Å². The number of unbranched alkanes of at least 4 members (excludes halogenated alkanes) is 2. The predicted molar refractivity (Wildman–Crippen MR) is 259 cm³/mol. The van der Waals surface area contributed by atoms with Crippen LogP contribution in [0, 0.1) is 38.0 Å². The molecule has 2 N–H and O–H groups in total. The van der Waals surface area contributed by atoms with Gasteiger partial charge in [-0.3, -0.25) is 29.8 Å². The Hall–Kier alpha value is -7.01. The second-order valence-corrected chi connectivity index (χ2v) is 17.5. The van der Waals surface area contributed by atoms with Crippen LogP contribution in [0.25, 0.3) is 6.08 Å². The second-order valence-electron chi connectivity index (χ2n) is 17.5. The van der Waals surface area contributed by atoms with Crippen molar-refractivity contribution in [3.8, 4) is 17.2 Å². The third-order valence-electron chi connectivity index (χ3n) is 13.1. The van der Waals surface area contributed by atoms with Crippen LogP contribution in [0.15, 0.2) is 127 Å². The summed E-state index contributed by atoms with van der Waals surface area (Å²) in [7, 11) is 0. The molecule has 7 rings (SSSR count). The van der Waals surface area contributed by atoms with Crippen molar-refractivity contribution in [3.63, 3.8) is 0 Å². The first-order valence-corrected chi connectivity index (χ1v) is 23.4. The molecule has 16 heteroatoms. The van der Waals surface area contributed by atoms with Crippen LogP contribution in [0.1, 0.15) is 91.3 Å². The molecule has 4 aromatic carbocycles. The number of nitro benzene ring substituents is 2. The fraction of sp³-hybridized carbons (Fsp3) is 0.377. The third-order valence-corrected chi connectivity index (χ3v) is 13.1. The Morgan fingerprint density at radius 1 is 0.913 bits per heavy atom. The highest BCUT2D eigenvalue weighted by Gasteiger charge is 2.65. The second kappa shape index (κ2) is 23.3. The average Bonchev–Trinajstić information content (AvgIpc) is 3.36. The molecule has 1 saturated carbocycles. The lowest BCUT2D eigenvalue weighted by molar-refractivity contribution is -0.385. The number of rotatable bonds is 24. The predicted octanol–water partition coefficient (Wildman–Crippen LogP) is 9.89. The maximum Gasteiger partial charge on any atom is 0.269 e. The lowest BCUT2D eigenvalue weighted by atomic mass is 9.55. The number of oxime groups is 1. The third kappa shape index (κ3) is 11.5. The van der Waals surface area contributed by atoms with E-state index < -0.39 is 27.6 Å². The van der Waals surface area contributed by atoms with E-state index in [1.807, 2.05) is 19.1 Å². The molecule has 1 fully saturated rings. The molecule has 69 heavy (non-hydrogen) atoms. The number of aliphatic hydroxyl groups is 2. The number of carbonyl (C=O) groups excluding carboxylic acids is 2. The molecule has 0 aromatic heterocycles. The zero-order chi connectivity index (χ0) is 48.9. The van der Waals surface area contributed by atoms with E-state index in [0.29, 0.717) is 71.8 Å². The molecule has 362 valence electrons. The van der Waals surface area contributed by atoms with Gasteiger partial charge in [0.25, 0.3) is 11.4 Å². The van der Waals surface area contributed by atoms with E-state index in [9.17, 15) is 40.0 Å². The van der Waals surface area contributed by atoms with Gasteiger partial charge in [0.05, 0.1) is 28.1 Å². The van der Waals surface area contributed by atoms with Gasteiger partial charge in [0.15, 0.2) is 0 Å². The molecule has 1 amide bonds. The maximum absolute atomic E-state index is 14.8. The number of non-ortho nitro benzene ring substituents is 2. The summed E-state index contributed by atoms with van der Waals surface area (Å²) in [6.45, 7) is 6.37. The molecule has 3 aliphatic rings. The number of hydrogen-bond donors (Lipinski definition) is 2. The Morgan fingerprint density at radius 3 is 2.28 bits per heavy atom. The van der Waals surface area contributed by atoms with Crippen molar-refractivity contribution < 1.29 is 48.7 Å². The lowest BCUT2D eigenvalue weighted by Gasteiger charge is -2.60. The minimum absolute atomic E-state index is 0.00370. The largest absolute Gasteiger partial charge is 0.459 e. The SMILES string of the molecule is C=CCO[C@@]12Oc3ccc(Oc4cccc(C=O)c4)cc3[C@H]3[C@H](CCCCO)[C@@H](CCCCO)C=C(C(=NOCc4ccc([N+](=O)[O-])cc4)C[C@@H]1N(CCC)C(=O)C=Cc1ccc([N+](=O)[O-])cc1)[C@H]32. The molecule has 6 atom stereocenters. The Morgan fingerprint density at radius 2 is 1.61 bits per heavy atom. The van der Waals surface area contributed by atoms with Crippen molar-refractivity contribution in [2.24, 2.45) is 22.9 Å². The van der Waals surface area contributed by atoms with Crippen molar-refractivity contribution in [1.29, 1.82) is 0 Å². The van der Waals surface area contributed by atoms with Crippen molar-refractivity contribution in [2.75, 3.05) is 26.4 Å². The zero-order valence-corrected chi connectivity index (χ0v) is 38.6. The average molecular weight is 943 g/mol. The van der Waals surface area contributed by atoms with Crippen LogP contribution >= 0.6 is 0 Å². The monoisotopic (exact) mass is 942 g/mol. The number of aliphatic hydroxyl groups excluding tert-OH is 2. The van der Waals surface area contributed by atoms with Crippen molar-refractivity contribution in [1.82, 2.24) is 4.90 Å². The number of hydrogen-bond acceptors (Lipinski definition) is 13. The van der Waals surface area contributed by atoms with E-state index in [4.69, 9.17) is 24.2 Å². The number of ether oxygens (including phenoxy) is 3. The highest BCUT2D eigenvalue weighted by Crippen LogP contribution is 2.62. The van der Waals surface area contributed by atoms with E-state index in [0.717, 1.165) is 30.3 Å². The summed E-state index contributed by atoms with van der Waals surface area (Å²) >= 11 is 0. The Bertz CT molecular complexity index is 2560. The number of carbonyl (C=O) groups is 2. The molecule has 1 heterocycles. The van der Waals surface area contributed by atoms with E-state index in [-0.39, 0.29) is 74.4 Å². The quantitative estimate of drug-likeness (QED) is 0.0168. The number of benzene rings is 4. The van der Waals surface area contributed by atoms with Crippen LogP contribution < -0.4 is 9.47 Å². The van der Waals surface area contributed by atoms with E-state index in [2.05, 4.69) is 12.7 Å². The van der Waals surface area contributed by atoms with Crippen molar-refractivity contribution >= 4 is 35.4 Å². The summed E-state index contributed by atoms with van der Waals surface area (Å²) in [6.07, 6.45) is 12.5. The van der Waals surface area contributed by atoms with Crippen molar-refractivity contribution in [2.45, 2.75) is 82.6 Å². The number of nitrogens with zero attached hydrogens (tertiary/aromatic N) is 4. The molecule has 0 bridgehead atoms. The van der Waals surface area contributed by atoms with Gasteiger partial charge in [-0.2, -0.15) is 0 Å². The molecule has 16 nitrogen and oxygen atoms in total. The summed E-state index contributed by atoms with van der Waals surface area (Å²) < 4.78 is 20.8. The molecular formula is C53H58N4O12. The summed E-state index contributed by atoms with van der Waals surface area (Å²) in [6, 6.07) is 23.6. The molecule has 0 spiro atoms. The number of nitro groups is 2. The minimum atomic E-state index is -1.53. The van der Waals surface area contributed by atoms with Crippen LogP contribution in [0.3, 0.4) is 0 Å². The van der Waals surface area contributed by atoms with Crippen LogP contribution in [-0.2, 0) is 21.0 Å². The summed E-state index contributed by atoms with van der Waals surface area (Å²) in [5, 5.41) is 47.6. The van der Waals surface area contributed by atoms with Gasteiger partial charge in [-0.05, 0) is 121 Å². The van der Waals surface area contributed by atoms with Gasteiger partial charge in [0, 0.05) is 73.6 Å². The van der Waals surface area contributed by atoms with E-state index >= 15 is 0 Å². The zero-order valence-electron chi connectivity index (χ0n) is 38.6. The number of amides is 1. The van der Waals surface area contributed by atoms with Gasteiger partial charge in [-0.15, -0.1) is 6.58 Å². The summed E-state index contributed by atoms with van der Waals surface area (Å²) in [5.74, 6) is -1.45. The van der Waals surface area contributed by atoms with Gasteiger partial charge >= 0.3 is 0 Å². The first kappa shape index (κ1) is 49.9. The molecular weight excluding hydrogens is 885 g/mol. The molecule has 0 saturated heterocycles. The van der Waals surface area contributed by atoms with Crippen LogP contribution in [0.2, 0.25) is 0 Å². The minimum Gasteiger partial charge on any atom is -0.459 e. The molecule has 2 aliphatic carbocycles. The molecule has 0 radical (unpaired) electrons. The highest BCUT2D eigenvalue weighted by molar-refractivity contribution is 6.03. The first-order valence-electron chi connectivity index (χ1n) is 23.4. The maximum atomic E-state index is 14.8. The Labute approximate surface area is 400 Å². The fourth-order valence-corrected chi connectivity index (χ4v) is 10.0. The van der Waals surface area contributed by atoms with E-state index in [1.54, 1.807) is 71.6 Å². The van der Waals surface area contributed by atoms with Crippen LogP contribution in [0.5, 0.6) is 17.2 Å². The van der Waals surface area contributed by atoms with Crippen LogP contribution in [-0.4, -0.2) is 81.1 Å². The van der Waals surface area contributed by atoms with Gasteiger partial charge < -0.3 is 34.2 Å². The first-order chi connectivity index (χ1) is 33.5. The van der Waals surface area contributed by atoms with Crippen LogP contribution in [0.4, 0.5) is 11.4 Å². The fourth-order valence-electron chi connectivity index (χ4n) is 10.0. The van der Waals surface area contributed by atoms with E-state index in [1.165, 1.54) is 30.3 Å². The smallest absolute Gasteiger partial charge is 0.269 e. The number of allylic oxidation sites excluding steroid dienone is 1. The summed E-state index contributed by atoms with van der Waals surface area (Å²) in [5.41, 5.74) is 3.79. The highest BCUT2D eigenvalue weighted by atomic mass is 16.7. The van der Waals surface area contributed by atoms with Gasteiger partial charge in [-0.1, -0.05) is 49.2 Å². The number of fused-ring (bicyclic) bond motifs is 2. The Kier molecular flexibility index (Phi) is 16.9. The molecule has 1 aliphatic heterocycles.